The lowest BCUT2D eigenvalue weighted by atomic mass is 10.1. The molecule has 1 unspecified atom stereocenters. The number of benzene rings is 1. The van der Waals surface area contributed by atoms with Crippen LogP contribution in [0.4, 0.5) is 0 Å². The lowest BCUT2D eigenvalue weighted by Crippen LogP contribution is -3.11. The summed E-state index contributed by atoms with van der Waals surface area (Å²) >= 11 is 1.82. The van der Waals surface area contributed by atoms with E-state index in [2.05, 4.69) is 17.0 Å². The average molecular weight is 380 g/mol. The first-order valence-electron chi connectivity index (χ1n) is 9.41. The predicted molar refractivity (Wildman–Crippen MR) is 107 cm³/mol. The van der Waals surface area contributed by atoms with Crippen LogP contribution >= 0.6 is 11.3 Å². The second kappa shape index (κ2) is 6.58. The zero-order valence-electron chi connectivity index (χ0n) is 15.5. The quantitative estimate of drug-likeness (QED) is 0.591. The van der Waals surface area contributed by atoms with Crippen molar-refractivity contribution < 1.29 is 9.64 Å². The molecule has 0 amide bonds. The van der Waals surface area contributed by atoms with Crippen LogP contribution in [0, 0.1) is 0 Å². The van der Waals surface area contributed by atoms with Gasteiger partial charge in [0.2, 0.25) is 0 Å². The number of methoxy groups -OCH3 is 1. The Kier molecular flexibility index (Phi) is 4.06. The molecule has 5 rings (SSSR count). The van der Waals surface area contributed by atoms with Crippen LogP contribution in [0.25, 0.3) is 27.3 Å². The van der Waals surface area contributed by atoms with Crippen molar-refractivity contribution in [2.75, 3.05) is 20.2 Å². The number of hydrogen-bond donors (Lipinski definition) is 1. The second-order valence-corrected chi connectivity index (χ2v) is 8.09. The molecule has 1 N–H and O–H groups in total. The maximum atomic E-state index is 5.49. The lowest BCUT2D eigenvalue weighted by Gasteiger charge is -2.23. The largest absolute Gasteiger partial charge is 0.496 e. The number of rotatable bonds is 4. The molecule has 138 valence electrons. The molecule has 3 aromatic heterocycles. The summed E-state index contributed by atoms with van der Waals surface area (Å²) in [4.78, 5) is 13.8. The Bertz CT molecular complexity index is 1130. The van der Waals surface area contributed by atoms with E-state index in [0.717, 1.165) is 34.8 Å². The van der Waals surface area contributed by atoms with Crippen LogP contribution in [0.5, 0.6) is 5.75 Å². The molecule has 7 heteroatoms. The number of nitrogens with one attached hydrogen (secondary N) is 1. The Hall–Kier alpha value is -2.51. The Labute approximate surface area is 161 Å². The van der Waals surface area contributed by atoms with Crippen LogP contribution in [0.2, 0.25) is 0 Å². The summed E-state index contributed by atoms with van der Waals surface area (Å²) in [6, 6.07) is 7.87. The second-order valence-electron chi connectivity index (χ2n) is 7.01. The molecule has 0 aliphatic carbocycles. The van der Waals surface area contributed by atoms with Crippen molar-refractivity contribution in [3.05, 3.63) is 41.0 Å². The number of quaternary nitrogens is 1. The average Bonchev–Trinajstić information content (AvgIpc) is 3.28. The van der Waals surface area contributed by atoms with Crippen LogP contribution < -0.4 is 9.64 Å². The molecule has 0 fully saturated rings. The zero-order chi connectivity index (χ0) is 18.4. The predicted octanol–water partition coefficient (Wildman–Crippen LogP) is 2.37. The van der Waals surface area contributed by atoms with E-state index in [4.69, 9.17) is 9.72 Å². The van der Waals surface area contributed by atoms with E-state index in [1.807, 2.05) is 40.1 Å². The molecule has 27 heavy (non-hydrogen) atoms. The maximum Gasteiger partial charge on any atom is 0.185 e. The highest BCUT2D eigenvalue weighted by atomic mass is 32.1. The van der Waals surface area contributed by atoms with Crippen molar-refractivity contribution in [1.29, 1.82) is 0 Å². The van der Waals surface area contributed by atoms with Gasteiger partial charge >= 0.3 is 0 Å². The van der Waals surface area contributed by atoms with E-state index in [1.54, 1.807) is 18.3 Å². The zero-order valence-corrected chi connectivity index (χ0v) is 16.3. The van der Waals surface area contributed by atoms with Crippen molar-refractivity contribution in [2.45, 2.75) is 26.3 Å². The number of aromatic nitrogens is 4. The van der Waals surface area contributed by atoms with Crippen LogP contribution in [0.3, 0.4) is 0 Å². The van der Waals surface area contributed by atoms with Crippen LogP contribution in [0.1, 0.15) is 23.8 Å². The highest BCUT2D eigenvalue weighted by Crippen LogP contribution is 2.35. The van der Waals surface area contributed by atoms with Crippen LogP contribution in [0.15, 0.2) is 30.6 Å². The van der Waals surface area contributed by atoms with Crippen LogP contribution in [-0.2, 0) is 13.0 Å². The number of hydrogen-bond acceptors (Lipinski definition) is 5. The van der Waals surface area contributed by atoms with Crippen molar-refractivity contribution in [2.24, 2.45) is 0 Å². The summed E-state index contributed by atoms with van der Waals surface area (Å²) in [5.74, 6) is 1.46. The topological polar surface area (TPSA) is 56.8 Å². The first kappa shape index (κ1) is 16.6. The maximum absolute atomic E-state index is 5.49. The Morgan fingerprint density at radius 2 is 2.19 bits per heavy atom. The van der Waals surface area contributed by atoms with E-state index < -0.39 is 0 Å². The molecular formula is C20H22N5OS+. The monoisotopic (exact) mass is 380 g/mol. The third-order valence-corrected chi connectivity index (χ3v) is 6.44. The number of para-hydroxylation sites is 1. The molecular weight excluding hydrogens is 358 g/mol. The van der Waals surface area contributed by atoms with Gasteiger partial charge in [0.05, 0.1) is 36.0 Å². The SMILES string of the molecule is CCC[NH+]1CCc2c(sc3ncn4nc(-c5ccccc5OC)nc4c23)C1. The molecule has 0 radical (unpaired) electrons. The Morgan fingerprint density at radius 3 is 3.04 bits per heavy atom. The van der Waals surface area contributed by atoms with Gasteiger partial charge in [-0.25, -0.2) is 14.5 Å². The smallest absolute Gasteiger partial charge is 0.185 e. The number of thiophene rings is 1. The molecule has 1 atom stereocenters. The van der Waals surface area contributed by atoms with Gasteiger partial charge in [0.25, 0.3) is 0 Å². The van der Waals surface area contributed by atoms with Gasteiger partial charge in [-0.15, -0.1) is 16.4 Å². The van der Waals surface area contributed by atoms with Gasteiger partial charge in [-0.2, -0.15) is 0 Å². The van der Waals surface area contributed by atoms with Crippen LogP contribution in [-0.4, -0.2) is 39.8 Å². The van der Waals surface area contributed by atoms with Gasteiger partial charge in [-0.1, -0.05) is 19.1 Å². The molecule has 0 spiro atoms. The molecule has 0 saturated heterocycles. The number of fused-ring (bicyclic) bond motifs is 5. The third-order valence-electron chi connectivity index (χ3n) is 5.30. The van der Waals surface area contributed by atoms with Gasteiger partial charge in [0, 0.05) is 6.42 Å². The third kappa shape index (κ3) is 2.69. The van der Waals surface area contributed by atoms with Crippen molar-refractivity contribution in [1.82, 2.24) is 19.6 Å². The minimum absolute atomic E-state index is 0.677. The molecule has 0 bridgehead atoms. The normalized spacial score (nSPS) is 16.7. The van der Waals surface area contributed by atoms with Gasteiger partial charge in [0.15, 0.2) is 11.5 Å². The molecule has 6 nitrogen and oxygen atoms in total. The first-order chi connectivity index (χ1) is 13.3. The summed E-state index contributed by atoms with van der Waals surface area (Å²) in [5.41, 5.74) is 3.23. The molecule has 4 heterocycles. The fourth-order valence-electron chi connectivity index (χ4n) is 4.04. The van der Waals surface area contributed by atoms with Crippen molar-refractivity contribution in [3.63, 3.8) is 0 Å². The molecule has 4 aromatic rings. The summed E-state index contributed by atoms with van der Waals surface area (Å²) in [5, 5.41) is 5.86. The van der Waals surface area contributed by atoms with E-state index in [-0.39, 0.29) is 0 Å². The number of nitrogens with zero attached hydrogens (tertiary/aromatic N) is 4. The molecule has 0 saturated carbocycles. The van der Waals surface area contributed by atoms with E-state index in [9.17, 15) is 0 Å². The fourth-order valence-corrected chi connectivity index (χ4v) is 5.29. The highest BCUT2D eigenvalue weighted by Gasteiger charge is 2.26. The summed E-state index contributed by atoms with van der Waals surface area (Å²) < 4.78 is 7.30. The Morgan fingerprint density at radius 1 is 1.30 bits per heavy atom. The standard InChI is InChI=1S/C20H21N5OS/c1-3-9-24-10-8-14-16(11-24)27-20-17(14)19-22-18(23-25(19)12-21-20)13-6-4-5-7-15(13)26-2/h4-7,12H,3,8-11H2,1-2H3/p+1. The fraction of sp³-hybridized carbons (Fsp3) is 0.350. The number of ether oxygens (including phenoxy) is 1. The Balaban J connectivity index is 1.66. The van der Waals surface area contributed by atoms with Gasteiger partial charge in [-0.3, -0.25) is 0 Å². The van der Waals surface area contributed by atoms with Gasteiger partial charge < -0.3 is 9.64 Å². The minimum Gasteiger partial charge on any atom is -0.496 e. The van der Waals surface area contributed by atoms with Gasteiger partial charge in [0.1, 0.15) is 23.5 Å². The lowest BCUT2D eigenvalue weighted by molar-refractivity contribution is -0.915. The molecule has 1 aliphatic rings. The summed E-state index contributed by atoms with van der Waals surface area (Å²) in [7, 11) is 1.67. The van der Waals surface area contributed by atoms with E-state index in [0.29, 0.717) is 5.82 Å². The van der Waals surface area contributed by atoms with Gasteiger partial charge in [-0.05, 0) is 24.1 Å². The molecule has 1 aliphatic heterocycles. The molecule has 1 aromatic carbocycles. The highest BCUT2D eigenvalue weighted by molar-refractivity contribution is 7.19. The summed E-state index contributed by atoms with van der Waals surface area (Å²) in [6.07, 6.45) is 4.09. The van der Waals surface area contributed by atoms with Crippen molar-refractivity contribution in [3.8, 4) is 17.1 Å². The van der Waals surface area contributed by atoms with E-state index >= 15 is 0 Å². The van der Waals surface area contributed by atoms with Crippen molar-refractivity contribution >= 4 is 27.2 Å². The first-order valence-corrected chi connectivity index (χ1v) is 10.2. The minimum atomic E-state index is 0.677. The summed E-state index contributed by atoms with van der Waals surface area (Å²) in [6.45, 7) is 5.78. The van der Waals surface area contributed by atoms with E-state index in [1.165, 1.54) is 35.3 Å².